The van der Waals surface area contributed by atoms with Crippen molar-refractivity contribution in [1.29, 1.82) is 0 Å². The summed E-state index contributed by atoms with van der Waals surface area (Å²) in [5.41, 5.74) is 3.59. The molecule has 2 aromatic heterocycles. The van der Waals surface area contributed by atoms with Crippen LogP contribution in [0.5, 0.6) is 0 Å². The molecule has 146 valence electrons. The zero-order chi connectivity index (χ0) is 19.6. The van der Waals surface area contributed by atoms with Gasteiger partial charge in [0.05, 0.1) is 11.9 Å². The molecule has 1 fully saturated rings. The van der Waals surface area contributed by atoms with Crippen LogP contribution < -0.4 is 0 Å². The molecular formula is C23H23N5O. The van der Waals surface area contributed by atoms with Crippen LogP contribution in [0.1, 0.15) is 5.56 Å². The van der Waals surface area contributed by atoms with E-state index in [1.54, 1.807) is 0 Å². The molecule has 6 nitrogen and oxygen atoms in total. The molecule has 1 aliphatic heterocycles. The molecular weight excluding hydrogens is 362 g/mol. The molecule has 5 rings (SSSR count). The van der Waals surface area contributed by atoms with Crippen LogP contribution in [0.4, 0.5) is 0 Å². The van der Waals surface area contributed by atoms with Crippen LogP contribution in [0.2, 0.25) is 0 Å². The summed E-state index contributed by atoms with van der Waals surface area (Å²) in [6.45, 7) is 3.91. The highest BCUT2D eigenvalue weighted by Gasteiger charge is 2.16. The van der Waals surface area contributed by atoms with Gasteiger partial charge < -0.3 is 9.32 Å². The number of nitrogens with zero attached hydrogens (tertiary/aromatic N) is 5. The highest BCUT2D eigenvalue weighted by molar-refractivity contribution is 5.90. The van der Waals surface area contributed by atoms with Gasteiger partial charge in [-0.25, -0.2) is 4.68 Å². The van der Waals surface area contributed by atoms with E-state index < -0.39 is 0 Å². The molecule has 0 saturated carbocycles. The summed E-state index contributed by atoms with van der Waals surface area (Å²) in [4.78, 5) is 2.32. The topological polar surface area (TPSA) is 49.8 Å². The zero-order valence-electron chi connectivity index (χ0n) is 16.4. The predicted octanol–water partition coefficient (Wildman–Crippen LogP) is 3.87. The van der Waals surface area contributed by atoms with Gasteiger partial charge in [-0.3, -0.25) is 5.01 Å². The first kappa shape index (κ1) is 17.7. The van der Waals surface area contributed by atoms with E-state index in [0.717, 1.165) is 59.9 Å². The molecule has 1 aliphatic rings. The fourth-order valence-electron chi connectivity index (χ4n) is 3.54. The summed E-state index contributed by atoms with van der Waals surface area (Å²) < 4.78 is 7.97. The van der Waals surface area contributed by atoms with Crippen LogP contribution >= 0.6 is 0 Å². The number of piperazine rings is 1. The second-order valence-electron chi connectivity index (χ2n) is 7.36. The van der Waals surface area contributed by atoms with Gasteiger partial charge in [-0.15, -0.1) is 0 Å². The van der Waals surface area contributed by atoms with E-state index in [1.165, 1.54) is 0 Å². The Hall–Kier alpha value is -3.38. The number of furan rings is 1. The third kappa shape index (κ3) is 3.67. The van der Waals surface area contributed by atoms with Crippen molar-refractivity contribution in [3.8, 4) is 17.1 Å². The third-order valence-corrected chi connectivity index (χ3v) is 5.26. The second kappa shape index (κ2) is 7.56. The molecule has 4 aromatic rings. The van der Waals surface area contributed by atoms with Crippen molar-refractivity contribution in [2.45, 2.75) is 0 Å². The lowest BCUT2D eigenvalue weighted by Crippen LogP contribution is -2.41. The maximum Gasteiger partial charge on any atom is 0.156 e. The second-order valence-corrected chi connectivity index (χ2v) is 7.36. The Morgan fingerprint density at radius 3 is 2.52 bits per heavy atom. The summed E-state index contributed by atoms with van der Waals surface area (Å²) in [5.74, 6) is 0.751. The summed E-state index contributed by atoms with van der Waals surface area (Å²) in [6, 6.07) is 20.2. The van der Waals surface area contributed by atoms with Gasteiger partial charge in [0.1, 0.15) is 11.3 Å². The Morgan fingerprint density at radius 2 is 1.72 bits per heavy atom. The average Bonchev–Trinajstić information content (AvgIpc) is 3.38. The van der Waals surface area contributed by atoms with Gasteiger partial charge in [-0.2, -0.15) is 10.2 Å². The monoisotopic (exact) mass is 385 g/mol. The molecule has 2 aromatic carbocycles. The van der Waals surface area contributed by atoms with Crippen molar-refractivity contribution in [2.24, 2.45) is 5.10 Å². The molecule has 1 saturated heterocycles. The van der Waals surface area contributed by atoms with Crippen LogP contribution in [-0.4, -0.2) is 59.1 Å². The molecule has 3 heterocycles. The minimum absolute atomic E-state index is 0.751. The van der Waals surface area contributed by atoms with E-state index in [1.807, 2.05) is 71.7 Å². The largest absolute Gasteiger partial charge is 0.454 e. The van der Waals surface area contributed by atoms with Crippen molar-refractivity contribution < 1.29 is 4.42 Å². The van der Waals surface area contributed by atoms with E-state index in [4.69, 9.17) is 14.6 Å². The summed E-state index contributed by atoms with van der Waals surface area (Å²) in [5, 5.41) is 12.7. The van der Waals surface area contributed by atoms with Gasteiger partial charge in [0.15, 0.2) is 5.76 Å². The molecule has 0 aliphatic carbocycles. The molecule has 0 radical (unpaired) electrons. The lowest BCUT2D eigenvalue weighted by molar-refractivity contribution is 0.159. The van der Waals surface area contributed by atoms with Crippen molar-refractivity contribution in [1.82, 2.24) is 19.7 Å². The van der Waals surface area contributed by atoms with E-state index in [0.29, 0.717) is 0 Å². The van der Waals surface area contributed by atoms with Gasteiger partial charge in [-0.05, 0) is 31.3 Å². The molecule has 0 amide bonds. The lowest BCUT2D eigenvalue weighted by atomic mass is 10.2. The zero-order valence-corrected chi connectivity index (χ0v) is 16.4. The third-order valence-electron chi connectivity index (χ3n) is 5.26. The van der Waals surface area contributed by atoms with Crippen LogP contribution in [0, 0.1) is 0 Å². The molecule has 0 spiro atoms. The smallest absolute Gasteiger partial charge is 0.156 e. The standard InChI is InChI=1S/C23H23N5O/c1-26-11-13-27(14-12-26)24-16-19-17-28(20-8-3-2-4-9-20)25-23(19)22-15-18-7-5-6-10-21(18)29-22/h2-10,15-17H,11-14H2,1H3/b24-16+. The quantitative estimate of drug-likeness (QED) is 0.501. The van der Waals surface area contributed by atoms with Gasteiger partial charge in [0, 0.05) is 43.3 Å². The molecule has 0 N–H and O–H groups in total. The number of hydrogen-bond acceptors (Lipinski definition) is 5. The Balaban J connectivity index is 1.54. The number of aromatic nitrogens is 2. The van der Waals surface area contributed by atoms with E-state index in [2.05, 4.69) is 23.0 Å². The van der Waals surface area contributed by atoms with Crippen LogP contribution in [-0.2, 0) is 0 Å². The number of hydrazone groups is 1. The molecule has 0 unspecified atom stereocenters. The van der Waals surface area contributed by atoms with Crippen molar-refractivity contribution in [2.75, 3.05) is 33.2 Å². The Morgan fingerprint density at radius 1 is 0.966 bits per heavy atom. The Kier molecular flexibility index (Phi) is 4.62. The summed E-state index contributed by atoms with van der Waals surface area (Å²) in [7, 11) is 2.14. The fourth-order valence-corrected chi connectivity index (χ4v) is 3.54. The normalized spacial score (nSPS) is 15.6. The van der Waals surface area contributed by atoms with Crippen molar-refractivity contribution in [3.05, 3.63) is 72.4 Å². The Bertz CT molecular complexity index is 1100. The van der Waals surface area contributed by atoms with Crippen LogP contribution in [0.25, 0.3) is 28.1 Å². The number of para-hydroxylation sites is 2. The first-order valence-electron chi connectivity index (χ1n) is 9.88. The first-order valence-corrected chi connectivity index (χ1v) is 9.88. The number of fused-ring (bicyclic) bond motifs is 1. The number of likely N-dealkylation sites (N-methyl/N-ethyl adjacent to an activating group) is 1. The first-order chi connectivity index (χ1) is 14.3. The van der Waals surface area contributed by atoms with E-state index in [-0.39, 0.29) is 0 Å². The summed E-state index contributed by atoms with van der Waals surface area (Å²) >= 11 is 0. The van der Waals surface area contributed by atoms with Crippen molar-refractivity contribution >= 4 is 17.2 Å². The maximum absolute atomic E-state index is 6.09. The predicted molar refractivity (Wildman–Crippen MR) is 115 cm³/mol. The van der Waals surface area contributed by atoms with E-state index >= 15 is 0 Å². The van der Waals surface area contributed by atoms with Crippen LogP contribution in [0.15, 0.2) is 76.4 Å². The van der Waals surface area contributed by atoms with Gasteiger partial charge in [-0.1, -0.05) is 36.4 Å². The lowest BCUT2D eigenvalue weighted by Gasteiger charge is -2.30. The average molecular weight is 385 g/mol. The van der Waals surface area contributed by atoms with Crippen molar-refractivity contribution in [3.63, 3.8) is 0 Å². The number of rotatable bonds is 4. The van der Waals surface area contributed by atoms with Gasteiger partial charge in [0.2, 0.25) is 0 Å². The van der Waals surface area contributed by atoms with Crippen LogP contribution in [0.3, 0.4) is 0 Å². The summed E-state index contributed by atoms with van der Waals surface area (Å²) in [6.07, 6.45) is 3.91. The SMILES string of the molecule is CN1CCN(/N=C/c2cn(-c3ccccc3)nc2-c2cc3ccccc3o2)CC1. The van der Waals surface area contributed by atoms with Gasteiger partial charge in [0.25, 0.3) is 0 Å². The minimum atomic E-state index is 0.751. The fraction of sp³-hybridized carbons (Fsp3) is 0.217. The molecule has 0 atom stereocenters. The minimum Gasteiger partial charge on any atom is -0.454 e. The highest BCUT2D eigenvalue weighted by Crippen LogP contribution is 2.29. The molecule has 0 bridgehead atoms. The molecule has 29 heavy (non-hydrogen) atoms. The maximum atomic E-state index is 6.09. The number of hydrogen-bond donors (Lipinski definition) is 0. The van der Waals surface area contributed by atoms with Gasteiger partial charge >= 0.3 is 0 Å². The highest BCUT2D eigenvalue weighted by atomic mass is 16.3. The number of benzene rings is 2. The Labute approximate surface area is 169 Å². The molecule has 6 heteroatoms. The van der Waals surface area contributed by atoms with E-state index in [9.17, 15) is 0 Å².